The summed E-state index contributed by atoms with van der Waals surface area (Å²) < 4.78 is 13.1. The fourth-order valence-corrected chi connectivity index (χ4v) is 2.40. The Balaban J connectivity index is 1.82. The molecule has 0 unspecified atom stereocenters. The van der Waals surface area contributed by atoms with E-state index in [9.17, 15) is 14.0 Å². The first kappa shape index (κ1) is 17.2. The summed E-state index contributed by atoms with van der Waals surface area (Å²) in [5.41, 5.74) is 0.0319. The number of nitrogens with one attached hydrogen (secondary N) is 2. The first-order chi connectivity index (χ1) is 10.8. The Hall–Kier alpha value is -2.11. The number of carbonyl (C=O) groups is 2. The molecule has 1 heterocycles. The molecule has 23 heavy (non-hydrogen) atoms. The third-order valence-electron chi connectivity index (χ3n) is 3.87. The van der Waals surface area contributed by atoms with Crippen molar-refractivity contribution in [2.75, 3.05) is 18.4 Å². The molecule has 1 aromatic rings. The minimum atomic E-state index is -0.411. The normalized spacial score (nSPS) is 16.1. The van der Waals surface area contributed by atoms with Gasteiger partial charge in [0.25, 0.3) is 0 Å². The zero-order valence-electron chi connectivity index (χ0n) is 13.9. The van der Waals surface area contributed by atoms with E-state index in [1.807, 2.05) is 20.8 Å². The largest absolute Gasteiger partial charge is 0.353 e. The highest BCUT2D eigenvalue weighted by Gasteiger charge is 2.27. The van der Waals surface area contributed by atoms with E-state index in [2.05, 4.69) is 10.6 Å². The molecule has 0 aliphatic carbocycles. The van der Waals surface area contributed by atoms with Crippen molar-refractivity contribution in [2.45, 2.75) is 39.7 Å². The summed E-state index contributed by atoms with van der Waals surface area (Å²) in [5, 5.41) is 5.72. The predicted octanol–water partition coefficient (Wildman–Crippen LogP) is 2.98. The van der Waals surface area contributed by atoms with Gasteiger partial charge in [0.1, 0.15) is 5.82 Å². The maximum absolute atomic E-state index is 13.1. The van der Waals surface area contributed by atoms with Gasteiger partial charge in [-0.15, -0.1) is 0 Å². The molecule has 0 atom stereocenters. The lowest BCUT2D eigenvalue weighted by molar-refractivity contribution is -0.129. The average molecular weight is 321 g/mol. The second-order valence-corrected chi connectivity index (χ2v) is 6.93. The molecule has 1 fully saturated rings. The van der Waals surface area contributed by atoms with Crippen LogP contribution in [0.25, 0.3) is 0 Å². The number of piperidine rings is 1. The maximum Gasteiger partial charge on any atom is 0.321 e. The summed E-state index contributed by atoms with van der Waals surface area (Å²) in [7, 11) is 0. The molecule has 3 amide bonds. The lowest BCUT2D eigenvalue weighted by Gasteiger charge is -2.33. The average Bonchev–Trinajstić information content (AvgIpc) is 2.47. The number of hydrogen-bond donors (Lipinski definition) is 2. The van der Waals surface area contributed by atoms with Crippen molar-refractivity contribution in [1.29, 1.82) is 0 Å². The number of rotatable bonds is 2. The molecule has 126 valence electrons. The van der Waals surface area contributed by atoms with E-state index in [1.54, 1.807) is 17.0 Å². The highest BCUT2D eigenvalue weighted by Crippen LogP contribution is 2.17. The Bertz CT molecular complexity index is 575. The first-order valence-corrected chi connectivity index (χ1v) is 7.88. The van der Waals surface area contributed by atoms with Gasteiger partial charge in [0.05, 0.1) is 0 Å². The topological polar surface area (TPSA) is 61.4 Å². The van der Waals surface area contributed by atoms with E-state index in [-0.39, 0.29) is 23.8 Å². The van der Waals surface area contributed by atoms with Gasteiger partial charge in [0.15, 0.2) is 0 Å². The van der Waals surface area contributed by atoms with Crippen molar-refractivity contribution in [3.8, 4) is 0 Å². The predicted molar refractivity (Wildman–Crippen MR) is 87.6 cm³/mol. The van der Waals surface area contributed by atoms with Crippen molar-refractivity contribution < 1.29 is 14.0 Å². The van der Waals surface area contributed by atoms with Gasteiger partial charge in [-0.1, -0.05) is 26.8 Å². The summed E-state index contributed by atoms with van der Waals surface area (Å²) >= 11 is 0. The van der Waals surface area contributed by atoms with E-state index < -0.39 is 5.41 Å². The van der Waals surface area contributed by atoms with Gasteiger partial charge in [-0.25, -0.2) is 9.18 Å². The molecule has 0 aromatic heterocycles. The van der Waals surface area contributed by atoms with Crippen LogP contribution in [0.1, 0.15) is 33.6 Å². The van der Waals surface area contributed by atoms with Crippen molar-refractivity contribution in [3.05, 3.63) is 30.1 Å². The van der Waals surface area contributed by atoms with Gasteiger partial charge in [0, 0.05) is 30.2 Å². The first-order valence-electron chi connectivity index (χ1n) is 7.88. The molecular weight excluding hydrogens is 297 g/mol. The summed E-state index contributed by atoms with van der Waals surface area (Å²) in [4.78, 5) is 25.8. The molecule has 0 saturated carbocycles. The van der Waals surface area contributed by atoms with E-state index in [1.165, 1.54) is 12.1 Å². The molecule has 0 bridgehead atoms. The van der Waals surface area contributed by atoms with E-state index in [0.29, 0.717) is 18.8 Å². The molecule has 5 nitrogen and oxygen atoms in total. The van der Waals surface area contributed by atoms with Gasteiger partial charge in [-0.05, 0) is 31.0 Å². The van der Waals surface area contributed by atoms with Crippen LogP contribution in [0.2, 0.25) is 0 Å². The van der Waals surface area contributed by atoms with Crippen LogP contribution >= 0.6 is 0 Å². The Morgan fingerprint density at radius 3 is 2.43 bits per heavy atom. The second-order valence-electron chi connectivity index (χ2n) is 6.93. The smallest absolute Gasteiger partial charge is 0.321 e. The monoisotopic (exact) mass is 321 g/mol. The molecule has 2 N–H and O–H groups in total. The standard InChI is InChI=1S/C17H24FN3O2/c1-17(2,3)15(22)19-13-7-9-21(10-8-13)16(23)20-14-6-4-5-12(18)11-14/h4-6,11,13H,7-10H2,1-3H3,(H,19,22)(H,20,23). The van der Waals surface area contributed by atoms with Crippen LogP contribution in [0.3, 0.4) is 0 Å². The molecule has 1 aliphatic heterocycles. The lowest BCUT2D eigenvalue weighted by Crippen LogP contribution is -2.49. The van der Waals surface area contributed by atoms with Crippen molar-refractivity contribution in [3.63, 3.8) is 0 Å². The number of nitrogens with zero attached hydrogens (tertiary/aromatic N) is 1. The van der Waals surface area contributed by atoms with Gasteiger partial charge < -0.3 is 15.5 Å². The summed E-state index contributed by atoms with van der Waals surface area (Å²) in [6, 6.07) is 5.68. The molecule has 0 spiro atoms. The van der Waals surface area contributed by atoms with Crippen LogP contribution in [0.5, 0.6) is 0 Å². The van der Waals surface area contributed by atoms with Crippen LogP contribution in [0, 0.1) is 11.2 Å². The van der Waals surface area contributed by atoms with Crippen LogP contribution in [-0.2, 0) is 4.79 Å². The summed E-state index contributed by atoms with van der Waals surface area (Å²) in [6.45, 7) is 6.77. The fourth-order valence-electron chi connectivity index (χ4n) is 2.40. The van der Waals surface area contributed by atoms with E-state index >= 15 is 0 Å². The molecule has 1 aromatic carbocycles. The van der Waals surface area contributed by atoms with Crippen LogP contribution in [-0.4, -0.2) is 36.0 Å². The fraction of sp³-hybridized carbons (Fsp3) is 0.529. The number of benzene rings is 1. The molecule has 2 rings (SSSR count). The molecule has 1 aliphatic rings. The molecule has 0 radical (unpaired) electrons. The van der Waals surface area contributed by atoms with Crippen LogP contribution in [0.4, 0.5) is 14.9 Å². The van der Waals surface area contributed by atoms with Gasteiger partial charge in [0.2, 0.25) is 5.91 Å². The molecule has 1 saturated heterocycles. The van der Waals surface area contributed by atoms with Gasteiger partial charge >= 0.3 is 6.03 Å². The number of anilines is 1. The van der Waals surface area contributed by atoms with Crippen LogP contribution < -0.4 is 10.6 Å². The number of amides is 3. The van der Waals surface area contributed by atoms with Crippen molar-refractivity contribution >= 4 is 17.6 Å². The maximum atomic E-state index is 13.1. The number of carbonyl (C=O) groups excluding carboxylic acids is 2. The summed E-state index contributed by atoms with van der Waals surface area (Å²) in [5.74, 6) is -0.355. The SMILES string of the molecule is CC(C)(C)C(=O)NC1CCN(C(=O)Nc2cccc(F)c2)CC1. The Labute approximate surface area is 136 Å². The summed E-state index contributed by atoms with van der Waals surface area (Å²) in [6.07, 6.45) is 1.44. The third-order valence-corrected chi connectivity index (χ3v) is 3.87. The molecule has 6 heteroatoms. The van der Waals surface area contributed by atoms with Crippen molar-refractivity contribution in [1.82, 2.24) is 10.2 Å². The highest BCUT2D eigenvalue weighted by molar-refractivity contribution is 5.89. The zero-order valence-corrected chi connectivity index (χ0v) is 13.9. The van der Waals surface area contributed by atoms with Gasteiger partial charge in [-0.3, -0.25) is 4.79 Å². The van der Waals surface area contributed by atoms with Crippen molar-refractivity contribution in [2.24, 2.45) is 5.41 Å². The minimum Gasteiger partial charge on any atom is -0.353 e. The van der Waals surface area contributed by atoms with Gasteiger partial charge in [-0.2, -0.15) is 0 Å². The third kappa shape index (κ3) is 4.94. The minimum absolute atomic E-state index is 0.0279. The quantitative estimate of drug-likeness (QED) is 0.879. The number of likely N-dealkylation sites (tertiary alicyclic amines) is 1. The van der Waals surface area contributed by atoms with E-state index in [4.69, 9.17) is 0 Å². The van der Waals surface area contributed by atoms with E-state index in [0.717, 1.165) is 12.8 Å². The second kappa shape index (κ2) is 6.98. The Kier molecular flexibility index (Phi) is 5.23. The Morgan fingerprint density at radius 1 is 1.22 bits per heavy atom. The Morgan fingerprint density at radius 2 is 1.87 bits per heavy atom. The van der Waals surface area contributed by atoms with Crippen LogP contribution in [0.15, 0.2) is 24.3 Å². The number of urea groups is 1. The lowest BCUT2D eigenvalue weighted by atomic mass is 9.94. The number of halogens is 1. The zero-order chi connectivity index (χ0) is 17.0. The highest BCUT2D eigenvalue weighted by atomic mass is 19.1. The molecular formula is C17H24FN3O2. The number of hydrogen-bond acceptors (Lipinski definition) is 2.